The Morgan fingerprint density at radius 1 is 1.62 bits per heavy atom. The molecule has 0 saturated heterocycles. The topological polar surface area (TPSA) is 26.3 Å². The quantitative estimate of drug-likeness (QED) is 0.680. The van der Waals surface area contributed by atoms with Crippen LogP contribution in [0.3, 0.4) is 0 Å². The van der Waals surface area contributed by atoms with Gasteiger partial charge in [0, 0.05) is 0 Å². The molecule has 0 unspecified atom stereocenters. The van der Waals surface area contributed by atoms with Gasteiger partial charge >= 0.3 is 5.97 Å². The molecule has 2 nitrogen and oxygen atoms in total. The van der Waals surface area contributed by atoms with Crippen molar-refractivity contribution in [3.05, 3.63) is 21.4 Å². The van der Waals surface area contributed by atoms with Crippen LogP contribution < -0.4 is 0 Å². The predicted molar refractivity (Wildman–Crippen MR) is 52.4 cm³/mol. The summed E-state index contributed by atoms with van der Waals surface area (Å²) in [5, 5.41) is 2.04. The van der Waals surface area contributed by atoms with E-state index in [1.807, 2.05) is 5.38 Å². The third-order valence-electron chi connectivity index (χ3n) is 2.38. The summed E-state index contributed by atoms with van der Waals surface area (Å²) in [5.41, 5.74) is 2.48. The van der Waals surface area contributed by atoms with Gasteiger partial charge in [-0.15, -0.1) is 11.3 Å². The number of aryl methyl sites for hydroxylation is 1. The highest BCUT2D eigenvalue weighted by molar-refractivity contribution is 7.12. The zero-order chi connectivity index (χ0) is 9.42. The minimum Gasteiger partial charge on any atom is -0.465 e. The molecule has 0 amide bonds. The zero-order valence-corrected chi connectivity index (χ0v) is 8.61. The average molecular weight is 196 g/mol. The lowest BCUT2D eigenvalue weighted by molar-refractivity contribution is 0.0605. The van der Waals surface area contributed by atoms with Crippen LogP contribution in [0.15, 0.2) is 5.38 Å². The molecule has 0 aromatic carbocycles. The van der Waals surface area contributed by atoms with Gasteiger partial charge in [-0.3, -0.25) is 0 Å². The fraction of sp³-hybridized carbons (Fsp3) is 0.500. The van der Waals surface area contributed by atoms with Crippen LogP contribution in [-0.4, -0.2) is 13.1 Å². The van der Waals surface area contributed by atoms with Crippen LogP contribution in [0.5, 0.6) is 0 Å². The van der Waals surface area contributed by atoms with Gasteiger partial charge < -0.3 is 4.74 Å². The Bertz CT molecular complexity index is 337. The fourth-order valence-corrected chi connectivity index (χ4v) is 2.64. The van der Waals surface area contributed by atoms with E-state index in [-0.39, 0.29) is 5.97 Å². The van der Waals surface area contributed by atoms with Crippen molar-refractivity contribution in [3.63, 3.8) is 0 Å². The second-order valence-electron chi connectivity index (χ2n) is 3.43. The van der Waals surface area contributed by atoms with Gasteiger partial charge in [0.05, 0.1) is 7.11 Å². The van der Waals surface area contributed by atoms with Crippen LogP contribution in [0.25, 0.3) is 0 Å². The molecule has 0 N–H and O–H groups in total. The zero-order valence-electron chi connectivity index (χ0n) is 7.79. The van der Waals surface area contributed by atoms with Gasteiger partial charge in [-0.05, 0) is 42.2 Å². The number of methoxy groups -OCH3 is 1. The number of carbonyl (C=O) groups excluding carboxylic acids is 1. The number of hydrogen-bond acceptors (Lipinski definition) is 3. The van der Waals surface area contributed by atoms with Gasteiger partial charge in [0.1, 0.15) is 4.88 Å². The van der Waals surface area contributed by atoms with Crippen molar-refractivity contribution in [2.75, 3.05) is 7.11 Å². The van der Waals surface area contributed by atoms with Gasteiger partial charge in [0.25, 0.3) is 0 Å². The first kappa shape index (κ1) is 8.75. The van der Waals surface area contributed by atoms with Crippen molar-refractivity contribution in [1.29, 1.82) is 0 Å². The van der Waals surface area contributed by atoms with Crippen molar-refractivity contribution in [2.45, 2.75) is 25.7 Å². The highest BCUT2D eigenvalue weighted by atomic mass is 32.1. The Balaban J connectivity index is 2.39. The molecule has 1 aliphatic carbocycles. The molecular weight excluding hydrogens is 184 g/mol. The summed E-state index contributed by atoms with van der Waals surface area (Å²) in [4.78, 5) is 12.2. The van der Waals surface area contributed by atoms with E-state index in [0.717, 1.165) is 4.88 Å². The molecule has 1 aliphatic rings. The SMILES string of the molecule is COC(=O)c1scc(C)c1C1CC1. The number of thiophene rings is 1. The molecule has 0 aliphatic heterocycles. The molecule has 1 fully saturated rings. The largest absolute Gasteiger partial charge is 0.465 e. The molecule has 1 saturated carbocycles. The van der Waals surface area contributed by atoms with E-state index in [2.05, 4.69) is 6.92 Å². The molecule has 3 heteroatoms. The van der Waals surface area contributed by atoms with Crippen LogP contribution in [0, 0.1) is 6.92 Å². The van der Waals surface area contributed by atoms with E-state index < -0.39 is 0 Å². The molecule has 70 valence electrons. The third-order valence-corrected chi connectivity index (χ3v) is 3.47. The van der Waals surface area contributed by atoms with Crippen molar-refractivity contribution in [3.8, 4) is 0 Å². The molecule has 0 spiro atoms. The van der Waals surface area contributed by atoms with Gasteiger partial charge in [-0.25, -0.2) is 4.79 Å². The number of rotatable bonds is 2. The fourth-order valence-electron chi connectivity index (χ4n) is 1.58. The van der Waals surface area contributed by atoms with Crippen LogP contribution >= 0.6 is 11.3 Å². The molecule has 0 radical (unpaired) electrons. The molecular formula is C10H12O2S. The summed E-state index contributed by atoms with van der Waals surface area (Å²) >= 11 is 1.50. The molecule has 13 heavy (non-hydrogen) atoms. The van der Waals surface area contributed by atoms with Crippen LogP contribution in [-0.2, 0) is 4.74 Å². The summed E-state index contributed by atoms with van der Waals surface area (Å²) < 4.78 is 4.74. The highest BCUT2D eigenvalue weighted by Crippen LogP contribution is 2.45. The van der Waals surface area contributed by atoms with Gasteiger partial charge in [0.15, 0.2) is 0 Å². The maximum absolute atomic E-state index is 11.4. The highest BCUT2D eigenvalue weighted by Gasteiger charge is 2.31. The first-order chi connectivity index (χ1) is 6.24. The van der Waals surface area contributed by atoms with Crippen molar-refractivity contribution in [1.82, 2.24) is 0 Å². The van der Waals surface area contributed by atoms with Gasteiger partial charge in [0.2, 0.25) is 0 Å². The van der Waals surface area contributed by atoms with E-state index in [0.29, 0.717) is 5.92 Å². The summed E-state index contributed by atoms with van der Waals surface area (Å²) in [6.45, 7) is 2.07. The summed E-state index contributed by atoms with van der Waals surface area (Å²) in [6.07, 6.45) is 2.45. The second-order valence-corrected chi connectivity index (χ2v) is 4.31. The number of ether oxygens (including phenoxy) is 1. The number of hydrogen-bond donors (Lipinski definition) is 0. The molecule has 1 aromatic rings. The van der Waals surface area contributed by atoms with Crippen LogP contribution in [0.4, 0.5) is 0 Å². The molecule has 2 rings (SSSR count). The predicted octanol–water partition coefficient (Wildman–Crippen LogP) is 2.72. The Kier molecular flexibility index (Phi) is 2.12. The number of carbonyl (C=O) groups is 1. The molecule has 1 heterocycles. The summed E-state index contributed by atoms with van der Waals surface area (Å²) in [5.74, 6) is 0.445. The Morgan fingerprint density at radius 2 is 2.31 bits per heavy atom. The monoisotopic (exact) mass is 196 g/mol. The van der Waals surface area contributed by atoms with E-state index in [1.165, 1.54) is 42.4 Å². The average Bonchev–Trinajstić information content (AvgIpc) is 2.89. The minimum atomic E-state index is -0.181. The summed E-state index contributed by atoms with van der Waals surface area (Å²) in [7, 11) is 1.44. The maximum Gasteiger partial charge on any atom is 0.348 e. The van der Waals surface area contributed by atoms with Gasteiger partial charge in [-0.1, -0.05) is 0 Å². The number of esters is 1. The van der Waals surface area contributed by atoms with Crippen LogP contribution in [0.1, 0.15) is 39.6 Å². The molecule has 1 aromatic heterocycles. The van der Waals surface area contributed by atoms with Gasteiger partial charge in [-0.2, -0.15) is 0 Å². The van der Waals surface area contributed by atoms with E-state index in [1.54, 1.807) is 0 Å². The molecule has 0 atom stereocenters. The summed E-state index contributed by atoms with van der Waals surface area (Å²) in [6, 6.07) is 0. The Morgan fingerprint density at radius 3 is 2.85 bits per heavy atom. The van der Waals surface area contributed by atoms with Crippen LogP contribution in [0.2, 0.25) is 0 Å². The smallest absolute Gasteiger partial charge is 0.348 e. The second kappa shape index (κ2) is 3.14. The first-order valence-corrected chi connectivity index (χ1v) is 5.28. The molecule has 0 bridgehead atoms. The van der Waals surface area contributed by atoms with Crippen molar-refractivity contribution < 1.29 is 9.53 Å². The lowest BCUT2D eigenvalue weighted by atomic mass is 10.1. The van der Waals surface area contributed by atoms with Crippen molar-refractivity contribution in [2.24, 2.45) is 0 Å². The minimum absolute atomic E-state index is 0.181. The van der Waals surface area contributed by atoms with E-state index in [4.69, 9.17) is 4.74 Å². The van der Waals surface area contributed by atoms with E-state index in [9.17, 15) is 4.79 Å². The third kappa shape index (κ3) is 1.48. The van der Waals surface area contributed by atoms with Crippen molar-refractivity contribution >= 4 is 17.3 Å². The maximum atomic E-state index is 11.4. The normalized spacial score (nSPS) is 15.8. The standard InChI is InChI=1S/C10H12O2S/c1-6-5-13-9(10(11)12-2)8(6)7-3-4-7/h5,7H,3-4H2,1-2H3. The Hall–Kier alpha value is -0.830. The lowest BCUT2D eigenvalue weighted by Gasteiger charge is -2.00. The Labute approximate surface area is 81.5 Å². The van der Waals surface area contributed by atoms with E-state index >= 15 is 0 Å². The first-order valence-electron chi connectivity index (χ1n) is 4.40. The lowest BCUT2D eigenvalue weighted by Crippen LogP contribution is -2.01.